The Bertz CT molecular complexity index is 778. The lowest BCUT2D eigenvalue weighted by atomic mass is 9.49. The first-order chi connectivity index (χ1) is 13.4. The Morgan fingerprint density at radius 2 is 1.46 bits per heavy atom. The zero-order chi connectivity index (χ0) is 19.5. The second-order valence-electron chi connectivity index (χ2n) is 9.75. The Hall–Kier alpha value is -1.91. The number of aryl methyl sites for hydroxylation is 1. The van der Waals surface area contributed by atoms with E-state index < -0.39 is 0 Å². The van der Waals surface area contributed by atoms with Crippen LogP contribution < -0.4 is 0 Å². The van der Waals surface area contributed by atoms with Crippen LogP contribution in [0.5, 0.6) is 0 Å². The van der Waals surface area contributed by atoms with E-state index in [0.717, 1.165) is 37.0 Å². The predicted molar refractivity (Wildman–Crippen MR) is 104 cm³/mol. The van der Waals surface area contributed by atoms with Crippen LogP contribution in [0.1, 0.15) is 54.4 Å². The summed E-state index contributed by atoms with van der Waals surface area (Å²) >= 11 is 0. The fourth-order valence-electron chi connectivity index (χ4n) is 6.73. The summed E-state index contributed by atoms with van der Waals surface area (Å²) in [6.07, 6.45) is 7.25. The van der Waals surface area contributed by atoms with Crippen LogP contribution in [0.4, 0.5) is 4.39 Å². The van der Waals surface area contributed by atoms with Crippen LogP contribution in [0.25, 0.3) is 0 Å². The van der Waals surface area contributed by atoms with Crippen molar-refractivity contribution in [2.75, 3.05) is 26.2 Å². The standard InChI is InChI=1S/C23H29FN2O2/c1-15-2-3-19(11-20(15)24)21(27)25-4-6-26(7-5-25)22(28)23-12-16-8-17(13-23)10-18(9-16)14-23/h2-3,11,16-18H,4-10,12-14H2,1H3. The molecule has 0 radical (unpaired) electrons. The van der Waals surface area contributed by atoms with Gasteiger partial charge in [0.15, 0.2) is 0 Å². The maximum absolute atomic E-state index is 13.8. The molecule has 4 aliphatic carbocycles. The minimum absolute atomic E-state index is 0.110. The van der Waals surface area contributed by atoms with Crippen LogP contribution in [0, 0.1) is 35.9 Å². The molecule has 1 aromatic carbocycles. The van der Waals surface area contributed by atoms with Gasteiger partial charge >= 0.3 is 0 Å². The van der Waals surface area contributed by atoms with Gasteiger partial charge in [-0.05, 0) is 80.9 Å². The van der Waals surface area contributed by atoms with E-state index in [1.54, 1.807) is 24.0 Å². The molecule has 1 aliphatic heterocycles. The van der Waals surface area contributed by atoms with Gasteiger partial charge in [-0.2, -0.15) is 0 Å². The highest BCUT2D eigenvalue weighted by Gasteiger charge is 2.55. The Kier molecular flexibility index (Phi) is 4.25. The van der Waals surface area contributed by atoms with Gasteiger partial charge in [0.2, 0.25) is 5.91 Å². The molecule has 1 saturated heterocycles. The fourth-order valence-corrected chi connectivity index (χ4v) is 6.73. The summed E-state index contributed by atoms with van der Waals surface area (Å²) in [7, 11) is 0. The summed E-state index contributed by atoms with van der Waals surface area (Å²) in [6, 6.07) is 4.66. The maximum Gasteiger partial charge on any atom is 0.254 e. The monoisotopic (exact) mass is 384 g/mol. The van der Waals surface area contributed by atoms with Crippen LogP contribution in [-0.2, 0) is 4.79 Å². The molecule has 5 aliphatic rings. The van der Waals surface area contributed by atoms with Crippen molar-refractivity contribution in [3.8, 4) is 0 Å². The van der Waals surface area contributed by atoms with Gasteiger partial charge in [-0.1, -0.05) is 6.07 Å². The van der Waals surface area contributed by atoms with Gasteiger partial charge in [0.1, 0.15) is 5.82 Å². The number of benzene rings is 1. The first-order valence-corrected chi connectivity index (χ1v) is 10.8. The highest BCUT2D eigenvalue weighted by molar-refractivity contribution is 5.94. The van der Waals surface area contributed by atoms with Crippen LogP contribution in [0.2, 0.25) is 0 Å². The fraction of sp³-hybridized carbons (Fsp3) is 0.652. The molecule has 5 fully saturated rings. The summed E-state index contributed by atoms with van der Waals surface area (Å²) in [4.78, 5) is 29.9. The number of halogens is 1. The molecule has 2 amide bonds. The highest BCUT2D eigenvalue weighted by atomic mass is 19.1. The molecule has 28 heavy (non-hydrogen) atoms. The first-order valence-electron chi connectivity index (χ1n) is 10.8. The third-order valence-electron chi connectivity index (χ3n) is 7.76. The lowest BCUT2D eigenvalue weighted by molar-refractivity contribution is -0.159. The van der Waals surface area contributed by atoms with Crippen molar-refractivity contribution in [1.82, 2.24) is 9.80 Å². The van der Waals surface area contributed by atoms with Gasteiger partial charge in [0, 0.05) is 31.7 Å². The van der Waals surface area contributed by atoms with Crippen molar-refractivity contribution in [1.29, 1.82) is 0 Å². The van der Waals surface area contributed by atoms with E-state index in [1.807, 2.05) is 4.90 Å². The van der Waals surface area contributed by atoms with Gasteiger partial charge < -0.3 is 9.80 Å². The van der Waals surface area contributed by atoms with E-state index in [1.165, 1.54) is 25.3 Å². The van der Waals surface area contributed by atoms with Crippen LogP contribution >= 0.6 is 0 Å². The number of hydrogen-bond donors (Lipinski definition) is 0. The van der Waals surface area contributed by atoms with Gasteiger partial charge in [-0.15, -0.1) is 0 Å². The van der Waals surface area contributed by atoms with Gasteiger partial charge in [-0.3, -0.25) is 9.59 Å². The Morgan fingerprint density at radius 3 is 2.00 bits per heavy atom. The predicted octanol–water partition coefficient (Wildman–Crippen LogP) is 3.63. The highest BCUT2D eigenvalue weighted by Crippen LogP contribution is 2.60. The molecule has 0 unspecified atom stereocenters. The van der Waals surface area contributed by atoms with Gasteiger partial charge in [0.25, 0.3) is 5.91 Å². The molecular formula is C23H29FN2O2. The summed E-state index contributed by atoms with van der Waals surface area (Å²) in [5.74, 6) is 2.14. The molecule has 5 heteroatoms. The van der Waals surface area contributed by atoms with E-state index in [2.05, 4.69) is 0 Å². The lowest BCUT2D eigenvalue weighted by Gasteiger charge is -2.57. The molecule has 150 valence electrons. The van der Waals surface area contributed by atoms with Gasteiger partial charge in [0.05, 0.1) is 5.41 Å². The minimum Gasteiger partial charge on any atom is -0.339 e. The van der Waals surface area contributed by atoms with E-state index in [9.17, 15) is 14.0 Å². The van der Waals surface area contributed by atoms with E-state index in [-0.39, 0.29) is 17.1 Å². The third-order valence-corrected chi connectivity index (χ3v) is 7.76. The average molecular weight is 384 g/mol. The van der Waals surface area contributed by atoms with Crippen LogP contribution in [0.3, 0.4) is 0 Å². The molecule has 0 aromatic heterocycles. The number of nitrogens with zero attached hydrogens (tertiary/aromatic N) is 2. The second kappa shape index (κ2) is 6.57. The molecular weight excluding hydrogens is 355 g/mol. The zero-order valence-electron chi connectivity index (χ0n) is 16.6. The quantitative estimate of drug-likeness (QED) is 0.781. The Balaban J connectivity index is 1.24. The molecule has 1 heterocycles. The first kappa shape index (κ1) is 18.1. The van der Waals surface area contributed by atoms with Crippen molar-refractivity contribution in [3.05, 3.63) is 35.1 Å². The third kappa shape index (κ3) is 2.94. The average Bonchev–Trinajstić information content (AvgIpc) is 2.68. The summed E-state index contributed by atoms with van der Waals surface area (Å²) < 4.78 is 13.8. The zero-order valence-corrected chi connectivity index (χ0v) is 16.6. The van der Waals surface area contributed by atoms with Crippen molar-refractivity contribution in [2.45, 2.75) is 45.4 Å². The smallest absolute Gasteiger partial charge is 0.254 e. The number of carbonyl (C=O) groups is 2. The molecule has 0 atom stereocenters. The minimum atomic E-state index is -0.346. The summed E-state index contributed by atoms with van der Waals surface area (Å²) in [5.41, 5.74) is 0.826. The molecule has 4 bridgehead atoms. The Morgan fingerprint density at radius 1 is 0.929 bits per heavy atom. The summed E-state index contributed by atoms with van der Waals surface area (Å²) in [5, 5.41) is 0. The molecule has 1 aromatic rings. The van der Waals surface area contributed by atoms with Crippen molar-refractivity contribution in [2.24, 2.45) is 23.2 Å². The Labute approximate surface area is 166 Å². The van der Waals surface area contributed by atoms with E-state index >= 15 is 0 Å². The number of piperazine rings is 1. The molecule has 0 spiro atoms. The molecule has 0 N–H and O–H groups in total. The molecule has 4 nitrogen and oxygen atoms in total. The summed E-state index contributed by atoms with van der Waals surface area (Å²) in [6.45, 7) is 3.96. The largest absolute Gasteiger partial charge is 0.339 e. The van der Waals surface area contributed by atoms with Crippen LogP contribution in [-0.4, -0.2) is 47.8 Å². The number of amides is 2. The normalized spacial score (nSPS) is 34.0. The van der Waals surface area contributed by atoms with Gasteiger partial charge in [-0.25, -0.2) is 4.39 Å². The number of carbonyl (C=O) groups excluding carboxylic acids is 2. The number of hydrogen-bond acceptors (Lipinski definition) is 2. The number of rotatable bonds is 2. The molecule has 4 saturated carbocycles. The topological polar surface area (TPSA) is 40.6 Å². The second-order valence-corrected chi connectivity index (χ2v) is 9.75. The van der Waals surface area contributed by atoms with Crippen LogP contribution in [0.15, 0.2) is 18.2 Å². The lowest BCUT2D eigenvalue weighted by Crippen LogP contribution is -2.58. The molecule has 6 rings (SSSR count). The SMILES string of the molecule is Cc1ccc(C(=O)N2CCN(C(=O)C34CC5CC(CC(C5)C3)C4)CC2)cc1F. The van der Waals surface area contributed by atoms with Crippen molar-refractivity contribution < 1.29 is 14.0 Å². The van der Waals surface area contributed by atoms with E-state index in [4.69, 9.17) is 0 Å². The van der Waals surface area contributed by atoms with E-state index in [0.29, 0.717) is 43.2 Å². The van der Waals surface area contributed by atoms with Crippen molar-refractivity contribution >= 4 is 11.8 Å². The maximum atomic E-state index is 13.8. The van der Waals surface area contributed by atoms with Crippen molar-refractivity contribution in [3.63, 3.8) is 0 Å².